The van der Waals surface area contributed by atoms with E-state index in [0.717, 1.165) is 12.1 Å². The summed E-state index contributed by atoms with van der Waals surface area (Å²) in [5.41, 5.74) is -0.312. The van der Waals surface area contributed by atoms with Gasteiger partial charge in [-0.05, 0) is 62.4 Å². The number of nitrogens with zero attached hydrogens (tertiary/aromatic N) is 2. The zero-order chi connectivity index (χ0) is 26.3. The van der Waals surface area contributed by atoms with Gasteiger partial charge in [0.1, 0.15) is 12.2 Å². The minimum absolute atomic E-state index is 0.00369. The number of ether oxygens (including phenoxy) is 2. The van der Waals surface area contributed by atoms with Gasteiger partial charge in [-0.25, -0.2) is 9.59 Å². The maximum atomic E-state index is 12.4. The van der Waals surface area contributed by atoms with E-state index >= 15 is 0 Å². The van der Waals surface area contributed by atoms with Gasteiger partial charge in [-0.15, -0.1) is 10.1 Å². The molecule has 184 valence electrons. The van der Waals surface area contributed by atoms with Gasteiger partial charge >= 0.3 is 11.9 Å². The van der Waals surface area contributed by atoms with E-state index in [0.29, 0.717) is 0 Å². The van der Waals surface area contributed by atoms with Crippen LogP contribution in [0.5, 0.6) is 0 Å². The lowest BCUT2D eigenvalue weighted by Gasteiger charge is -2.12. The third kappa shape index (κ3) is 4.26. The maximum Gasteiger partial charge on any atom is 0.338 e. The van der Waals surface area contributed by atoms with Crippen molar-refractivity contribution in [1.29, 1.82) is 0 Å². The number of hydrogen-bond acceptors (Lipinski definition) is 10. The predicted octanol–water partition coefficient (Wildman–Crippen LogP) is 2.00. The van der Waals surface area contributed by atoms with Crippen molar-refractivity contribution in [3.8, 4) is 0 Å². The zero-order valence-corrected chi connectivity index (χ0v) is 18.8. The van der Waals surface area contributed by atoms with Gasteiger partial charge in [0.05, 0.1) is 33.4 Å². The molecule has 0 spiro atoms. The van der Waals surface area contributed by atoms with Crippen LogP contribution in [0.15, 0.2) is 48.6 Å². The van der Waals surface area contributed by atoms with Gasteiger partial charge in [0.2, 0.25) is 0 Å². The first-order chi connectivity index (χ1) is 17.0. The second-order valence-corrected chi connectivity index (χ2v) is 7.97. The molecule has 4 rings (SSSR count). The van der Waals surface area contributed by atoms with Gasteiger partial charge in [0.15, 0.2) is 0 Å². The van der Waals surface area contributed by atoms with Gasteiger partial charge in [0, 0.05) is 0 Å². The molecule has 2 N–H and O–H groups in total. The SMILES string of the molecule is CC(/C=C/C(C)OC(=O)c1ccc2c(c1)C(=O)N(O)C2=O)OC(=O)c1ccc2c(c1)C(=O)N(O)C2=O. The molecule has 0 bridgehead atoms. The minimum Gasteiger partial charge on any atom is -0.455 e. The second-order valence-electron chi connectivity index (χ2n) is 7.97. The van der Waals surface area contributed by atoms with E-state index in [2.05, 4.69) is 0 Å². The molecule has 2 aliphatic rings. The average Bonchev–Trinajstić information content (AvgIpc) is 3.21. The molecule has 2 atom stereocenters. The van der Waals surface area contributed by atoms with E-state index in [1.807, 2.05) is 0 Å². The van der Waals surface area contributed by atoms with Gasteiger partial charge in [-0.3, -0.25) is 29.6 Å². The zero-order valence-electron chi connectivity index (χ0n) is 18.8. The Labute approximate surface area is 202 Å². The number of amides is 4. The van der Waals surface area contributed by atoms with Crippen molar-refractivity contribution < 1.29 is 48.7 Å². The Morgan fingerprint density at radius 1 is 0.667 bits per heavy atom. The van der Waals surface area contributed by atoms with E-state index in [-0.39, 0.29) is 43.5 Å². The number of rotatable bonds is 6. The van der Waals surface area contributed by atoms with Crippen LogP contribution in [-0.4, -0.2) is 68.3 Å². The van der Waals surface area contributed by atoms with E-state index in [1.54, 1.807) is 13.8 Å². The third-order valence-corrected chi connectivity index (χ3v) is 5.44. The number of fused-ring (bicyclic) bond motifs is 2. The number of benzene rings is 2. The van der Waals surface area contributed by atoms with E-state index in [4.69, 9.17) is 9.47 Å². The molecule has 36 heavy (non-hydrogen) atoms. The number of hydroxylamine groups is 4. The first kappa shape index (κ1) is 24.4. The highest BCUT2D eigenvalue weighted by Gasteiger charge is 2.36. The normalized spacial score (nSPS) is 16.3. The molecule has 12 heteroatoms. The summed E-state index contributed by atoms with van der Waals surface area (Å²) in [6.07, 6.45) is 1.39. The van der Waals surface area contributed by atoms with Crippen LogP contribution in [0.4, 0.5) is 0 Å². The molecule has 0 aliphatic carbocycles. The Hall–Kier alpha value is -4.68. The summed E-state index contributed by atoms with van der Waals surface area (Å²) in [6, 6.07) is 7.37. The summed E-state index contributed by atoms with van der Waals surface area (Å²) < 4.78 is 10.5. The van der Waals surface area contributed by atoms with Gasteiger partial charge < -0.3 is 9.47 Å². The molecule has 2 unspecified atom stereocenters. The Morgan fingerprint density at radius 3 is 1.36 bits per heavy atom. The van der Waals surface area contributed by atoms with Gasteiger partial charge in [-0.2, -0.15) is 0 Å². The first-order valence-corrected chi connectivity index (χ1v) is 10.5. The van der Waals surface area contributed by atoms with Gasteiger partial charge in [-0.1, -0.05) is 0 Å². The van der Waals surface area contributed by atoms with Crippen LogP contribution in [-0.2, 0) is 9.47 Å². The van der Waals surface area contributed by atoms with Crippen LogP contribution < -0.4 is 0 Å². The molecule has 2 aromatic rings. The van der Waals surface area contributed by atoms with Crippen LogP contribution >= 0.6 is 0 Å². The largest absolute Gasteiger partial charge is 0.455 e. The molecular weight excluding hydrogens is 476 g/mol. The monoisotopic (exact) mass is 494 g/mol. The summed E-state index contributed by atoms with van der Waals surface area (Å²) >= 11 is 0. The summed E-state index contributed by atoms with van der Waals surface area (Å²) in [4.78, 5) is 72.0. The molecule has 0 saturated heterocycles. The minimum atomic E-state index is -0.943. The molecule has 2 heterocycles. The Bertz CT molecular complexity index is 1280. The number of carbonyl (C=O) groups excluding carboxylic acids is 6. The maximum absolute atomic E-state index is 12.4. The number of hydrogen-bond donors (Lipinski definition) is 2. The van der Waals surface area contributed by atoms with Crippen LogP contribution in [0.3, 0.4) is 0 Å². The van der Waals surface area contributed by atoms with Crippen molar-refractivity contribution in [2.45, 2.75) is 26.1 Å². The highest BCUT2D eigenvalue weighted by Crippen LogP contribution is 2.24. The molecule has 4 amide bonds. The number of imide groups is 2. The lowest BCUT2D eigenvalue weighted by molar-refractivity contribution is -0.0330. The van der Waals surface area contributed by atoms with E-state index in [1.165, 1.54) is 36.4 Å². The Balaban J connectivity index is 1.35. The fourth-order valence-corrected chi connectivity index (χ4v) is 3.58. The molecule has 2 aromatic carbocycles. The molecule has 0 saturated carbocycles. The van der Waals surface area contributed by atoms with Gasteiger partial charge in [0.25, 0.3) is 23.6 Å². The van der Waals surface area contributed by atoms with Crippen molar-refractivity contribution in [3.63, 3.8) is 0 Å². The lowest BCUT2D eigenvalue weighted by Crippen LogP contribution is -2.25. The molecule has 0 fully saturated rings. The second kappa shape index (κ2) is 9.17. The highest BCUT2D eigenvalue weighted by molar-refractivity contribution is 6.21. The molecule has 2 aliphatic heterocycles. The molecule has 12 nitrogen and oxygen atoms in total. The summed E-state index contributed by atoms with van der Waals surface area (Å²) in [7, 11) is 0. The van der Waals surface area contributed by atoms with E-state index < -0.39 is 47.8 Å². The standard InChI is InChI=1S/C24H18N2O10/c1-11(35-23(31)13-5-7-15-17(9-13)21(29)25(33)19(15)27)3-4-12(2)36-24(32)14-6-8-16-18(10-14)22(30)26(34)20(16)28/h3-12,33-34H,1-2H3/b4-3+. The Kier molecular flexibility index (Phi) is 6.23. The number of carbonyl (C=O) groups is 6. The predicted molar refractivity (Wildman–Crippen MR) is 116 cm³/mol. The van der Waals surface area contributed by atoms with Crippen LogP contribution in [0.1, 0.15) is 76.0 Å². The summed E-state index contributed by atoms with van der Waals surface area (Å²) in [6.45, 7) is 3.09. The van der Waals surface area contributed by atoms with Crippen LogP contribution in [0.2, 0.25) is 0 Å². The lowest BCUT2D eigenvalue weighted by atomic mass is 10.1. The van der Waals surface area contributed by atoms with Crippen LogP contribution in [0, 0.1) is 0 Å². The number of esters is 2. The highest BCUT2D eigenvalue weighted by atomic mass is 16.6. The fourth-order valence-electron chi connectivity index (χ4n) is 3.58. The third-order valence-electron chi connectivity index (χ3n) is 5.44. The van der Waals surface area contributed by atoms with Crippen molar-refractivity contribution in [2.75, 3.05) is 0 Å². The summed E-state index contributed by atoms with van der Waals surface area (Å²) in [5.74, 6) is -5.23. The summed E-state index contributed by atoms with van der Waals surface area (Å²) in [5, 5.41) is 18.8. The van der Waals surface area contributed by atoms with Crippen molar-refractivity contribution >= 4 is 35.6 Å². The first-order valence-electron chi connectivity index (χ1n) is 10.5. The molecule has 0 aromatic heterocycles. The Morgan fingerprint density at radius 2 is 1.00 bits per heavy atom. The van der Waals surface area contributed by atoms with Crippen molar-refractivity contribution in [3.05, 3.63) is 81.9 Å². The average molecular weight is 494 g/mol. The smallest absolute Gasteiger partial charge is 0.338 e. The topological polar surface area (TPSA) is 168 Å². The van der Waals surface area contributed by atoms with E-state index in [9.17, 15) is 39.2 Å². The quantitative estimate of drug-likeness (QED) is 0.262. The van der Waals surface area contributed by atoms with Crippen LogP contribution in [0.25, 0.3) is 0 Å². The molecule has 0 radical (unpaired) electrons. The van der Waals surface area contributed by atoms with Crippen molar-refractivity contribution in [2.24, 2.45) is 0 Å². The van der Waals surface area contributed by atoms with Crippen molar-refractivity contribution in [1.82, 2.24) is 10.1 Å². The fraction of sp³-hybridized carbons (Fsp3) is 0.167. The molecular formula is C24H18N2O10.